The van der Waals surface area contributed by atoms with E-state index in [0.717, 1.165) is 8.00 Å². The van der Waals surface area contributed by atoms with Crippen LogP contribution < -0.4 is 5.32 Å². The number of halogens is 2. The Hall–Kier alpha value is 0.0400. The maximum atomic E-state index is 12.2. The van der Waals surface area contributed by atoms with Crippen molar-refractivity contribution in [2.45, 2.75) is 20.0 Å². The standard InChI is InChI=1S/C12H16I2N2O2/c1-12(2,7-13)10(18-3)11(17)16-9-5-4-8(14)6-15-9/h4-6,10H,7H2,1-3H3,(H,15,16,17)/t10-/m1/s1. The number of pyridine rings is 1. The lowest BCUT2D eigenvalue weighted by atomic mass is 9.88. The van der Waals surface area contributed by atoms with Crippen LogP contribution in [0, 0.1) is 8.99 Å². The molecule has 0 bridgehead atoms. The van der Waals surface area contributed by atoms with Crippen molar-refractivity contribution in [3.63, 3.8) is 0 Å². The largest absolute Gasteiger partial charge is 0.371 e. The molecule has 18 heavy (non-hydrogen) atoms. The van der Waals surface area contributed by atoms with Crippen LogP contribution in [0.4, 0.5) is 5.82 Å². The second-order valence-corrected chi connectivity index (χ2v) is 6.60. The fraction of sp³-hybridized carbons (Fsp3) is 0.500. The highest BCUT2D eigenvalue weighted by Crippen LogP contribution is 2.26. The Morgan fingerprint density at radius 2 is 2.22 bits per heavy atom. The Morgan fingerprint density at radius 1 is 1.56 bits per heavy atom. The molecule has 1 N–H and O–H groups in total. The number of hydrogen-bond donors (Lipinski definition) is 1. The first kappa shape index (κ1) is 16.1. The number of rotatable bonds is 5. The normalized spacial score (nSPS) is 13.2. The van der Waals surface area contributed by atoms with Crippen LogP contribution >= 0.6 is 45.2 Å². The third kappa shape index (κ3) is 4.30. The van der Waals surface area contributed by atoms with E-state index >= 15 is 0 Å². The lowest BCUT2D eigenvalue weighted by Crippen LogP contribution is -2.42. The molecule has 4 nitrogen and oxygen atoms in total. The first-order chi connectivity index (χ1) is 8.40. The summed E-state index contributed by atoms with van der Waals surface area (Å²) in [7, 11) is 1.56. The van der Waals surface area contributed by atoms with Crippen molar-refractivity contribution in [3.05, 3.63) is 21.9 Å². The zero-order valence-electron chi connectivity index (χ0n) is 10.5. The van der Waals surface area contributed by atoms with Gasteiger partial charge in [-0.15, -0.1) is 0 Å². The topological polar surface area (TPSA) is 51.2 Å². The van der Waals surface area contributed by atoms with Gasteiger partial charge in [-0.3, -0.25) is 4.79 Å². The van der Waals surface area contributed by atoms with Gasteiger partial charge in [-0.2, -0.15) is 0 Å². The van der Waals surface area contributed by atoms with Gasteiger partial charge in [0.2, 0.25) is 0 Å². The zero-order valence-corrected chi connectivity index (χ0v) is 14.9. The number of alkyl halides is 1. The number of nitrogens with one attached hydrogen (secondary N) is 1. The van der Waals surface area contributed by atoms with Crippen LogP contribution in [0.15, 0.2) is 18.3 Å². The van der Waals surface area contributed by atoms with Crippen LogP contribution in [0.5, 0.6) is 0 Å². The smallest absolute Gasteiger partial charge is 0.255 e. The van der Waals surface area contributed by atoms with Crippen molar-refractivity contribution < 1.29 is 9.53 Å². The summed E-state index contributed by atoms with van der Waals surface area (Å²) >= 11 is 4.43. The van der Waals surface area contributed by atoms with Crippen LogP contribution in [0.1, 0.15) is 13.8 Å². The summed E-state index contributed by atoms with van der Waals surface area (Å²) in [5.41, 5.74) is -0.220. The van der Waals surface area contributed by atoms with Crippen LogP contribution in [0.2, 0.25) is 0 Å². The molecule has 0 saturated heterocycles. The molecule has 1 atom stereocenters. The second kappa shape index (κ2) is 6.99. The molecule has 0 aromatic carbocycles. The Labute approximate surface area is 135 Å². The van der Waals surface area contributed by atoms with Crippen molar-refractivity contribution >= 4 is 56.9 Å². The van der Waals surface area contributed by atoms with E-state index in [1.807, 2.05) is 19.9 Å². The molecule has 1 aromatic rings. The minimum Gasteiger partial charge on any atom is -0.371 e. The van der Waals surface area contributed by atoms with E-state index in [-0.39, 0.29) is 11.3 Å². The maximum absolute atomic E-state index is 12.2. The molecule has 1 aromatic heterocycles. The fourth-order valence-electron chi connectivity index (χ4n) is 1.49. The van der Waals surface area contributed by atoms with Crippen molar-refractivity contribution in [2.24, 2.45) is 5.41 Å². The Kier molecular flexibility index (Phi) is 6.25. The van der Waals surface area contributed by atoms with E-state index in [1.54, 1.807) is 19.4 Å². The van der Waals surface area contributed by atoms with Gasteiger partial charge >= 0.3 is 0 Å². The van der Waals surface area contributed by atoms with Gasteiger partial charge in [0.15, 0.2) is 0 Å². The molecule has 0 radical (unpaired) electrons. The van der Waals surface area contributed by atoms with Crippen molar-refractivity contribution in [3.8, 4) is 0 Å². The Morgan fingerprint density at radius 3 is 2.67 bits per heavy atom. The highest BCUT2D eigenvalue weighted by molar-refractivity contribution is 14.1. The minimum atomic E-state index is -0.490. The summed E-state index contributed by atoms with van der Waals surface area (Å²) in [6, 6.07) is 3.68. The SMILES string of the molecule is CO[C@H](C(=O)Nc1ccc(I)cn1)C(C)(C)CI. The Bertz CT molecular complexity index is 407. The molecule has 0 aliphatic rings. The van der Waals surface area contributed by atoms with E-state index in [4.69, 9.17) is 4.74 Å². The molecule has 1 amide bonds. The molecule has 0 aliphatic carbocycles. The van der Waals surface area contributed by atoms with E-state index < -0.39 is 6.10 Å². The lowest BCUT2D eigenvalue weighted by Gasteiger charge is -2.30. The molecule has 0 saturated carbocycles. The average molecular weight is 474 g/mol. The summed E-state index contributed by atoms with van der Waals surface area (Å²) < 4.78 is 7.18. The van der Waals surface area contributed by atoms with Gasteiger partial charge in [0.1, 0.15) is 11.9 Å². The van der Waals surface area contributed by atoms with E-state index in [1.165, 1.54) is 0 Å². The maximum Gasteiger partial charge on any atom is 0.255 e. The first-order valence-corrected chi connectivity index (χ1v) is 8.02. The number of ether oxygens (including phenoxy) is 1. The second-order valence-electron chi connectivity index (χ2n) is 4.59. The van der Waals surface area contributed by atoms with Gasteiger partial charge in [-0.05, 0) is 34.7 Å². The molecule has 0 fully saturated rings. The van der Waals surface area contributed by atoms with Gasteiger partial charge in [0, 0.05) is 26.7 Å². The monoisotopic (exact) mass is 474 g/mol. The van der Waals surface area contributed by atoms with Gasteiger partial charge in [-0.25, -0.2) is 4.98 Å². The molecule has 0 spiro atoms. The highest BCUT2D eigenvalue weighted by Gasteiger charge is 2.34. The average Bonchev–Trinajstić information content (AvgIpc) is 2.32. The number of aromatic nitrogens is 1. The molecular weight excluding hydrogens is 458 g/mol. The molecule has 6 heteroatoms. The molecule has 0 unspecified atom stereocenters. The molecule has 100 valence electrons. The highest BCUT2D eigenvalue weighted by atomic mass is 127. The Balaban J connectivity index is 2.77. The van der Waals surface area contributed by atoms with Crippen LogP contribution in [0.3, 0.4) is 0 Å². The van der Waals surface area contributed by atoms with Crippen LogP contribution in [-0.2, 0) is 9.53 Å². The number of carbonyl (C=O) groups is 1. The predicted molar refractivity (Wildman–Crippen MR) is 89.0 cm³/mol. The molecule has 1 heterocycles. The zero-order chi connectivity index (χ0) is 13.8. The van der Waals surface area contributed by atoms with Crippen LogP contribution in [-0.4, -0.2) is 28.5 Å². The fourth-order valence-corrected chi connectivity index (χ4v) is 2.21. The molecule has 1 rings (SSSR count). The van der Waals surface area contributed by atoms with Crippen molar-refractivity contribution in [1.82, 2.24) is 4.98 Å². The third-order valence-electron chi connectivity index (χ3n) is 2.51. The van der Waals surface area contributed by atoms with Gasteiger partial charge in [0.05, 0.1) is 0 Å². The van der Waals surface area contributed by atoms with Gasteiger partial charge < -0.3 is 10.1 Å². The lowest BCUT2D eigenvalue weighted by molar-refractivity contribution is -0.131. The third-order valence-corrected chi connectivity index (χ3v) is 5.11. The number of methoxy groups -OCH3 is 1. The predicted octanol–water partition coefficient (Wildman–Crippen LogP) is 3.10. The van der Waals surface area contributed by atoms with E-state index in [2.05, 4.69) is 55.5 Å². The molecule has 0 aliphatic heterocycles. The number of amides is 1. The number of nitrogens with zero attached hydrogens (tertiary/aromatic N) is 1. The van der Waals surface area contributed by atoms with Crippen LogP contribution in [0.25, 0.3) is 0 Å². The van der Waals surface area contributed by atoms with Crippen molar-refractivity contribution in [2.75, 3.05) is 16.9 Å². The number of carbonyl (C=O) groups excluding carboxylic acids is 1. The van der Waals surface area contributed by atoms with E-state index in [0.29, 0.717) is 5.82 Å². The minimum absolute atomic E-state index is 0.159. The summed E-state index contributed by atoms with van der Waals surface area (Å²) in [6.45, 7) is 4.02. The number of hydrogen-bond acceptors (Lipinski definition) is 3. The summed E-state index contributed by atoms with van der Waals surface area (Å²) in [5, 5.41) is 2.78. The first-order valence-electron chi connectivity index (χ1n) is 5.42. The summed E-state index contributed by atoms with van der Waals surface area (Å²) in [4.78, 5) is 16.3. The number of anilines is 1. The quantitative estimate of drug-likeness (QED) is 0.528. The van der Waals surface area contributed by atoms with Gasteiger partial charge in [0.25, 0.3) is 5.91 Å². The molecular formula is C12H16I2N2O2. The summed E-state index contributed by atoms with van der Waals surface area (Å²) in [6.07, 6.45) is 1.22. The van der Waals surface area contributed by atoms with Crippen molar-refractivity contribution in [1.29, 1.82) is 0 Å². The van der Waals surface area contributed by atoms with Gasteiger partial charge in [-0.1, -0.05) is 36.4 Å². The summed E-state index contributed by atoms with van der Waals surface area (Å²) in [5.74, 6) is 0.389. The van der Waals surface area contributed by atoms with E-state index in [9.17, 15) is 4.79 Å².